The molecule has 0 saturated carbocycles. The maximum absolute atomic E-state index is 12.4. The molecule has 1 amide bonds. The Morgan fingerprint density at radius 3 is 2.79 bits per heavy atom. The highest BCUT2D eigenvalue weighted by Gasteiger charge is 2.19. The van der Waals surface area contributed by atoms with E-state index in [1.165, 1.54) is 0 Å². The number of hydrogen-bond acceptors (Lipinski definition) is 5. The summed E-state index contributed by atoms with van der Waals surface area (Å²) in [5.74, 6) is 0.377. The molecule has 0 unspecified atom stereocenters. The lowest BCUT2D eigenvalue weighted by atomic mass is 10.2. The van der Waals surface area contributed by atoms with Crippen LogP contribution >= 0.6 is 0 Å². The summed E-state index contributed by atoms with van der Waals surface area (Å²) in [6.45, 7) is 2.17. The Morgan fingerprint density at radius 2 is 2.08 bits per heavy atom. The van der Waals surface area contributed by atoms with Crippen LogP contribution in [0, 0.1) is 6.92 Å². The van der Waals surface area contributed by atoms with Gasteiger partial charge in [0.2, 0.25) is 0 Å². The number of carbonyl (C=O) groups excluding carboxylic acids is 1. The van der Waals surface area contributed by atoms with Crippen molar-refractivity contribution < 1.29 is 9.53 Å². The summed E-state index contributed by atoms with van der Waals surface area (Å²) < 4.78 is 8.64. The van der Waals surface area contributed by atoms with Crippen LogP contribution in [-0.4, -0.2) is 37.8 Å². The Labute approximate surface area is 139 Å². The number of para-hydroxylation sites is 2. The van der Waals surface area contributed by atoms with E-state index in [2.05, 4.69) is 20.7 Å². The molecule has 0 fully saturated rings. The predicted molar refractivity (Wildman–Crippen MR) is 87.0 cm³/mol. The summed E-state index contributed by atoms with van der Waals surface area (Å²) in [5, 5.41) is 15.0. The van der Waals surface area contributed by atoms with E-state index in [-0.39, 0.29) is 11.6 Å². The Balaban J connectivity index is 1.82. The number of ether oxygens (including phenoxy) is 1. The SMILES string of the molecule is COc1ccccc1-n1nnc(C(=O)NCc2ccnn2C)c1C. The molecule has 0 bridgehead atoms. The summed E-state index contributed by atoms with van der Waals surface area (Å²) in [7, 11) is 3.41. The van der Waals surface area contributed by atoms with Crippen LogP contribution in [0.3, 0.4) is 0 Å². The first-order valence-corrected chi connectivity index (χ1v) is 7.42. The van der Waals surface area contributed by atoms with Gasteiger partial charge in [-0.25, -0.2) is 4.68 Å². The Bertz CT molecular complexity index is 867. The molecular formula is C16H18N6O2. The van der Waals surface area contributed by atoms with Crippen molar-refractivity contribution in [2.24, 2.45) is 7.05 Å². The Kier molecular flexibility index (Phi) is 4.28. The maximum atomic E-state index is 12.4. The van der Waals surface area contributed by atoms with Crippen LogP contribution in [0.4, 0.5) is 0 Å². The molecule has 1 N–H and O–H groups in total. The van der Waals surface area contributed by atoms with Crippen molar-refractivity contribution in [1.82, 2.24) is 30.1 Å². The smallest absolute Gasteiger partial charge is 0.274 e. The van der Waals surface area contributed by atoms with Crippen LogP contribution in [0.5, 0.6) is 5.75 Å². The third-order valence-electron chi connectivity index (χ3n) is 3.78. The molecule has 3 aromatic rings. The lowest BCUT2D eigenvalue weighted by Gasteiger charge is -2.09. The third-order valence-corrected chi connectivity index (χ3v) is 3.78. The summed E-state index contributed by atoms with van der Waals surface area (Å²) >= 11 is 0. The number of nitrogens with zero attached hydrogens (tertiary/aromatic N) is 5. The second kappa shape index (κ2) is 6.53. The zero-order chi connectivity index (χ0) is 17.1. The second-order valence-corrected chi connectivity index (χ2v) is 5.24. The topological polar surface area (TPSA) is 86.9 Å². The van der Waals surface area contributed by atoms with Gasteiger partial charge in [0.25, 0.3) is 5.91 Å². The summed E-state index contributed by atoms with van der Waals surface area (Å²) in [4.78, 5) is 12.4. The zero-order valence-corrected chi connectivity index (χ0v) is 13.7. The second-order valence-electron chi connectivity index (χ2n) is 5.24. The van der Waals surface area contributed by atoms with Gasteiger partial charge >= 0.3 is 0 Å². The van der Waals surface area contributed by atoms with Crippen molar-refractivity contribution in [2.75, 3.05) is 7.11 Å². The van der Waals surface area contributed by atoms with E-state index in [0.29, 0.717) is 18.0 Å². The summed E-state index contributed by atoms with van der Waals surface area (Å²) in [6.07, 6.45) is 1.69. The molecule has 0 aliphatic heterocycles. The maximum Gasteiger partial charge on any atom is 0.274 e. The molecule has 2 heterocycles. The van der Waals surface area contributed by atoms with Gasteiger partial charge < -0.3 is 10.1 Å². The summed E-state index contributed by atoms with van der Waals surface area (Å²) in [6, 6.07) is 9.28. The molecule has 2 aromatic heterocycles. The van der Waals surface area contributed by atoms with Crippen molar-refractivity contribution in [3.8, 4) is 11.4 Å². The molecule has 24 heavy (non-hydrogen) atoms. The molecule has 1 aromatic carbocycles. The van der Waals surface area contributed by atoms with E-state index in [9.17, 15) is 4.79 Å². The van der Waals surface area contributed by atoms with Crippen LogP contribution in [0.1, 0.15) is 21.9 Å². The standard InChI is InChI=1S/C16H18N6O2/c1-11-15(16(23)17-10-12-8-9-18-21(12)2)19-20-22(11)13-6-4-5-7-14(13)24-3/h4-9H,10H2,1-3H3,(H,17,23). The van der Waals surface area contributed by atoms with Crippen molar-refractivity contribution in [1.29, 1.82) is 0 Å². The van der Waals surface area contributed by atoms with E-state index in [4.69, 9.17) is 4.74 Å². The van der Waals surface area contributed by atoms with Crippen LogP contribution in [-0.2, 0) is 13.6 Å². The first-order valence-electron chi connectivity index (χ1n) is 7.42. The molecule has 0 spiro atoms. The molecule has 0 saturated heterocycles. The largest absolute Gasteiger partial charge is 0.494 e. The highest BCUT2D eigenvalue weighted by Crippen LogP contribution is 2.23. The van der Waals surface area contributed by atoms with Gasteiger partial charge in [-0.15, -0.1) is 5.10 Å². The van der Waals surface area contributed by atoms with Gasteiger partial charge in [0, 0.05) is 13.2 Å². The number of methoxy groups -OCH3 is 1. The van der Waals surface area contributed by atoms with E-state index in [1.807, 2.05) is 37.4 Å². The van der Waals surface area contributed by atoms with Crippen molar-refractivity contribution in [3.05, 3.63) is 53.6 Å². The fraction of sp³-hybridized carbons (Fsp3) is 0.250. The zero-order valence-electron chi connectivity index (χ0n) is 13.7. The van der Waals surface area contributed by atoms with E-state index < -0.39 is 0 Å². The lowest BCUT2D eigenvalue weighted by Crippen LogP contribution is -2.25. The highest BCUT2D eigenvalue weighted by molar-refractivity contribution is 5.93. The minimum Gasteiger partial charge on any atom is -0.494 e. The average molecular weight is 326 g/mol. The van der Waals surface area contributed by atoms with Gasteiger partial charge in [0.05, 0.1) is 25.0 Å². The minimum absolute atomic E-state index is 0.281. The number of aromatic nitrogens is 5. The first kappa shape index (κ1) is 15.7. The molecule has 124 valence electrons. The number of amides is 1. The van der Waals surface area contributed by atoms with Crippen LogP contribution in [0.2, 0.25) is 0 Å². The highest BCUT2D eigenvalue weighted by atomic mass is 16.5. The Hall–Kier alpha value is -3.16. The molecule has 0 atom stereocenters. The number of hydrogen-bond donors (Lipinski definition) is 1. The van der Waals surface area contributed by atoms with Crippen LogP contribution in [0.15, 0.2) is 36.5 Å². The molecule has 3 rings (SSSR count). The third kappa shape index (κ3) is 2.85. The van der Waals surface area contributed by atoms with Crippen LogP contribution < -0.4 is 10.1 Å². The molecule has 0 aliphatic carbocycles. The van der Waals surface area contributed by atoms with Gasteiger partial charge in [-0.3, -0.25) is 9.48 Å². The minimum atomic E-state index is -0.283. The fourth-order valence-corrected chi connectivity index (χ4v) is 2.40. The fourth-order valence-electron chi connectivity index (χ4n) is 2.40. The number of benzene rings is 1. The first-order chi connectivity index (χ1) is 11.6. The predicted octanol–water partition coefficient (Wildman–Crippen LogP) is 1.25. The van der Waals surface area contributed by atoms with Gasteiger partial charge in [-0.1, -0.05) is 17.3 Å². The van der Waals surface area contributed by atoms with E-state index >= 15 is 0 Å². The lowest BCUT2D eigenvalue weighted by molar-refractivity contribution is 0.0944. The van der Waals surface area contributed by atoms with Gasteiger partial charge in [0.15, 0.2) is 5.69 Å². The normalized spacial score (nSPS) is 10.6. The van der Waals surface area contributed by atoms with Gasteiger partial charge in [-0.05, 0) is 25.1 Å². The van der Waals surface area contributed by atoms with Gasteiger partial charge in [-0.2, -0.15) is 5.10 Å². The van der Waals surface area contributed by atoms with E-state index in [1.54, 1.807) is 29.6 Å². The molecule has 0 aliphatic rings. The summed E-state index contributed by atoms with van der Waals surface area (Å²) in [5.41, 5.74) is 2.55. The van der Waals surface area contributed by atoms with Crippen molar-refractivity contribution in [3.63, 3.8) is 0 Å². The quantitative estimate of drug-likeness (QED) is 0.762. The number of aryl methyl sites for hydroxylation is 1. The number of nitrogens with one attached hydrogen (secondary N) is 1. The molecule has 8 nitrogen and oxygen atoms in total. The van der Waals surface area contributed by atoms with E-state index in [0.717, 1.165) is 11.4 Å². The van der Waals surface area contributed by atoms with Crippen molar-refractivity contribution >= 4 is 5.91 Å². The average Bonchev–Trinajstić information content (AvgIpc) is 3.18. The van der Waals surface area contributed by atoms with Gasteiger partial charge in [0.1, 0.15) is 11.4 Å². The van der Waals surface area contributed by atoms with Crippen LogP contribution in [0.25, 0.3) is 5.69 Å². The molecule has 0 radical (unpaired) electrons. The molecule has 8 heteroatoms. The molecular weight excluding hydrogens is 308 g/mol. The monoisotopic (exact) mass is 326 g/mol. The number of carbonyl (C=O) groups is 1. The number of rotatable bonds is 5. The van der Waals surface area contributed by atoms with Crippen molar-refractivity contribution in [2.45, 2.75) is 13.5 Å². The Morgan fingerprint density at radius 1 is 1.29 bits per heavy atom.